The van der Waals surface area contributed by atoms with Crippen molar-refractivity contribution in [3.63, 3.8) is 0 Å². The van der Waals surface area contributed by atoms with E-state index >= 15 is 0 Å². The van der Waals surface area contributed by atoms with E-state index in [2.05, 4.69) is 10.3 Å². The molecule has 1 N–H and O–H groups in total. The molecule has 4 rings (SSSR count). The van der Waals surface area contributed by atoms with E-state index in [1.165, 1.54) is 51.1 Å². The Morgan fingerprint density at radius 2 is 1.67 bits per heavy atom. The molecule has 0 radical (unpaired) electrons. The molecular weight excluding hydrogens is 448 g/mol. The zero-order valence-corrected chi connectivity index (χ0v) is 19.3. The van der Waals surface area contributed by atoms with Crippen molar-refractivity contribution in [3.8, 4) is 0 Å². The summed E-state index contributed by atoms with van der Waals surface area (Å²) in [7, 11) is -0.479. The molecule has 1 aliphatic heterocycles. The number of carbonyl (C=O) groups is 1. The first kappa shape index (κ1) is 22.9. The lowest BCUT2D eigenvalue weighted by Crippen LogP contribution is -2.42. The Morgan fingerprint density at radius 1 is 1.03 bits per heavy atom. The predicted molar refractivity (Wildman–Crippen MR) is 123 cm³/mol. The molecule has 2 aromatic heterocycles. The molecule has 3 heterocycles. The zero-order chi connectivity index (χ0) is 23.8. The standard InChI is InChI=1S/C21H26N6O5S/c1-24-14-22-19-18(24)20(29)27(21(30)25(19)2)13-17(28)23-15-7-9-16(10-8-15)33(31,32)26-11-5-3-4-6-12-26/h7-10,14H,3-6,11-13H2,1-2H3,(H,23,28). The van der Waals surface area contributed by atoms with Crippen molar-refractivity contribution < 1.29 is 13.2 Å². The summed E-state index contributed by atoms with van der Waals surface area (Å²) in [5, 5.41) is 2.61. The molecule has 1 saturated heterocycles. The van der Waals surface area contributed by atoms with Gasteiger partial charge in [0.25, 0.3) is 5.56 Å². The van der Waals surface area contributed by atoms with E-state index in [1.54, 1.807) is 7.05 Å². The summed E-state index contributed by atoms with van der Waals surface area (Å²) in [6.07, 6.45) is 5.16. The number of aryl methyl sites for hydroxylation is 2. The van der Waals surface area contributed by atoms with Crippen molar-refractivity contribution in [1.29, 1.82) is 0 Å². The number of hydrogen-bond donors (Lipinski definition) is 1. The lowest BCUT2D eigenvalue weighted by Gasteiger charge is -2.20. The average molecular weight is 475 g/mol. The molecular formula is C21H26N6O5S. The van der Waals surface area contributed by atoms with Crippen LogP contribution in [0.4, 0.5) is 5.69 Å². The first-order chi connectivity index (χ1) is 15.7. The Hall–Kier alpha value is -3.25. The quantitative estimate of drug-likeness (QED) is 0.578. The molecule has 1 aliphatic rings. The summed E-state index contributed by atoms with van der Waals surface area (Å²) in [6, 6.07) is 5.88. The Balaban J connectivity index is 1.52. The highest BCUT2D eigenvalue weighted by molar-refractivity contribution is 7.89. The van der Waals surface area contributed by atoms with Crippen molar-refractivity contribution in [2.75, 3.05) is 18.4 Å². The number of anilines is 1. The summed E-state index contributed by atoms with van der Waals surface area (Å²) < 4.78 is 30.8. The van der Waals surface area contributed by atoms with Crippen LogP contribution in [0.5, 0.6) is 0 Å². The van der Waals surface area contributed by atoms with Crippen molar-refractivity contribution in [2.24, 2.45) is 14.1 Å². The molecule has 33 heavy (non-hydrogen) atoms. The van der Waals surface area contributed by atoms with E-state index in [9.17, 15) is 22.8 Å². The first-order valence-corrected chi connectivity index (χ1v) is 12.1. The van der Waals surface area contributed by atoms with Crippen molar-refractivity contribution in [3.05, 3.63) is 51.4 Å². The van der Waals surface area contributed by atoms with Gasteiger partial charge in [-0.15, -0.1) is 0 Å². The smallest absolute Gasteiger partial charge is 0.328 e. The Labute approximate surface area is 190 Å². The van der Waals surface area contributed by atoms with Gasteiger partial charge in [-0.3, -0.25) is 14.2 Å². The Morgan fingerprint density at radius 3 is 2.30 bits per heavy atom. The van der Waals surface area contributed by atoms with Crippen LogP contribution in [0.25, 0.3) is 11.2 Å². The van der Waals surface area contributed by atoms with Gasteiger partial charge in [0.1, 0.15) is 6.54 Å². The second-order valence-electron chi connectivity index (χ2n) is 8.15. The third kappa shape index (κ3) is 4.35. The van der Waals surface area contributed by atoms with E-state index in [1.807, 2.05) is 0 Å². The lowest BCUT2D eigenvalue weighted by molar-refractivity contribution is -0.116. The summed E-state index contributed by atoms with van der Waals surface area (Å²) >= 11 is 0. The van der Waals surface area contributed by atoms with E-state index < -0.39 is 33.7 Å². The molecule has 1 amide bonds. The fourth-order valence-electron chi connectivity index (χ4n) is 4.02. The van der Waals surface area contributed by atoms with Crippen LogP contribution in [0, 0.1) is 0 Å². The van der Waals surface area contributed by atoms with Crippen LogP contribution < -0.4 is 16.6 Å². The van der Waals surface area contributed by atoms with Crippen molar-refractivity contribution >= 4 is 32.8 Å². The maximum Gasteiger partial charge on any atom is 0.332 e. The molecule has 3 aromatic rings. The van der Waals surface area contributed by atoms with Crippen molar-refractivity contribution in [2.45, 2.75) is 37.1 Å². The van der Waals surface area contributed by atoms with Crippen LogP contribution in [0.2, 0.25) is 0 Å². The third-order valence-corrected chi connectivity index (χ3v) is 7.76. The minimum atomic E-state index is -3.59. The predicted octanol–water partition coefficient (Wildman–Crippen LogP) is 0.637. The molecule has 1 fully saturated rings. The molecule has 0 aliphatic carbocycles. The van der Waals surface area contributed by atoms with Crippen LogP contribution in [0.3, 0.4) is 0 Å². The normalized spacial score (nSPS) is 15.5. The summed E-state index contributed by atoms with van der Waals surface area (Å²) in [5.41, 5.74) is -0.443. The van der Waals surface area contributed by atoms with Gasteiger partial charge in [0, 0.05) is 32.9 Å². The molecule has 0 spiro atoms. The largest absolute Gasteiger partial charge is 0.332 e. The number of nitrogens with zero attached hydrogens (tertiary/aromatic N) is 5. The van der Waals surface area contributed by atoms with Gasteiger partial charge in [-0.25, -0.2) is 22.8 Å². The maximum atomic E-state index is 12.9. The number of imidazole rings is 1. The minimum absolute atomic E-state index is 0.161. The zero-order valence-electron chi connectivity index (χ0n) is 18.5. The number of hydrogen-bond acceptors (Lipinski definition) is 6. The first-order valence-electron chi connectivity index (χ1n) is 10.7. The number of rotatable bonds is 5. The number of aromatic nitrogens is 4. The highest BCUT2D eigenvalue weighted by atomic mass is 32.2. The highest BCUT2D eigenvalue weighted by Gasteiger charge is 2.25. The van der Waals surface area contributed by atoms with Gasteiger partial charge in [0.05, 0.1) is 11.2 Å². The molecule has 176 valence electrons. The fourth-order valence-corrected chi connectivity index (χ4v) is 5.54. The summed E-state index contributed by atoms with van der Waals surface area (Å²) in [6.45, 7) is 0.525. The molecule has 0 bridgehead atoms. The monoisotopic (exact) mass is 474 g/mol. The highest BCUT2D eigenvalue weighted by Crippen LogP contribution is 2.21. The van der Waals surface area contributed by atoms with E-state index in [-0.39, 0.29) is 16.1 Å². The van der Waals surface area contributed by atoms with Gasteiger partial charge >= 0.3 is 5.69 Å². The van der Waals surface area contributed by atoms with Gasteiger partial charge in [-0.2, -0.15) is 4.31 Å². The molecule has 0 saturated carbocycles. The number of benzene rings is 1. The van der Waals surface area contributed by atoms with Crippen LogP contribution in [-0.4, -0.2) is 50.4 Å². The Kier molecular flexibility index (Phi) is 6.21. The van der Waals surface area contributed by atoms with E-state index in [4.69, 9.17) is 0 Å². The lowest BCUT2D eigenvalue weighted by atomic mass is 10.2. The molecule has 12 heteroatoms. The van der Waals surface area contributed by atoms with Crippen LogP contribution in [-0.2, 0) is 35.5 Å². The average Bonchev–Trinajstić information content (AvgIpc) is 2.99. The van der Waals surface area contributed by atoms with E-state index in [0.29, 0.717) is 18.8 Å². The minimum Gasteiger partial charge on any atom is -0.328 e. The van der Waals surface area contributed by atoms with Gasteiger partial charge in [-0.05, 0) is 37.1 Å². The summed E-state index contributed by atoms with van der Waals surface area (Å²) in [4.78, 5) is 42.1. The second kappa shape index (κ2) is 8.94. The summed E-state index contributed by atoms with van der Waals surface area (Å²) in [5.74, 6) is -0.584. The molecule has 0 atom stereocenters. The number of carbonyl (C=O) groups excluding carboxylic acids is 1. The fraction of sp³-hybridized carbons (Fsp3) is 0.429. The SMILES string of the molecule is Cn1cnc2c1c(=O)n(CC(=O)Nc1ccc(S(=O)(=O)N3CCCCCC3)cc1)c(=O)n2C. The Bertz CT molecular complexity index is 1410. The molecule has 11 nitrogen and oxygen atoms in total. The van der Waals surface area contributed by atoms with Gasteiger partial charge in [0.2, 0.25) is 15.9 Å². The number of sulfonamides is 1. The van der Waals surface area contributed by atoms with Gasteiger partial charge in [0.15, 0.2) is 11.2 Å². The van der Waals surface area contributed by atoms with Gasteiger partial charge < -0.3 is 9.88 Å². The van der Waals surface area contributed by atoms with E-state index in [0.717, 1.165) is 30.3 Å². The van der Waals surface area contributed by atoms with Gasteiger partial charge in [-0.1, -0.05) is 12.8 Å². The van der Waals surface area contributed by atoms with Crippen LogP contribution in [0.15, 0.2) is 45.1 Å². The number of amides is 1. The van der Waals surface area contributed by atoms with Crippen LogP contribution in [0.1, 0.15) is 25.7 Å². The second-order valence-corrected chi connectivity index (χ2v) is 10.1. The number of nitrogens with one attached hydrogen (secondary N) is 1. The maximum absolute atomic E-state index is 12.9. The topological polar surface area (TPSA) is 128 Å². The van der Waals surface area contributed by atoms with Crippen LogP contribution >= 0.6 is 0 Å². The third-order valence-electron chi connectivity index (χ3n) is 5.84. The molecule has 0 unspecified atom stereocenters. The van der Waals surface area contributed by atoms with Crippen molar-refractivity contribution in [1.82, 2.24) is 23.0 Å². The molecule has 1 aromatic carbocycles. The number of fused-ring (bicyclic) bond motifs is 1.